The largest absolute Gasteiger partial charge is 0.332 e. The van der Waals surface area contributed by atoms with Crippen LogP contribution >= 0.6 is 0 Å². The van der Waals surface area contributed by atoms with Crippen LogP contribution < -0.4 is 4.98 Å². The Kier molecular flexibility index (Phi) is 3.69. The predicted molar refractivity (Wildman–Crippen MR) is 99.8 cm³/mol. The lowest BCUT2D eigenvalue weighted by Gasteiger charge is -2.39. The van der Waals surface area contributed by atoms with E-state index in [1.165, 1.54) is 24.8 Å². The maximum Gasteiger partial charge on any atom is 0.131 e. The molecule has 0 amide bonds. The second-order valence-electron chi connectivity index (χ2n) is 8.90. The summed E-state index contributed by atoms with van der Waals surface area (Å²) in [4.78, 5) is 4.00. The van der Waals surface area contributed by atoms with E-state index < -0.39 is 8.24 Å². The molecule has 2 aliphatic rings. The number of rotatable bonds is 2. The maximum atomic E-state index is 4.00. The van der Waals surface area contributed by atoms with Gasteiger partial charge in [-0.25, -0.2) is 0 Å². The quantitative estimate of drug-likeness (QED) is 0.740. The van der Waals surface area contributed by atoms with Crippen LogP contribution in [0.4, 0.5) is 0 Å². The zero-order valence-corrected chi connectivity index (χ0v) is 16.4. The van der Waals surface area contributed by atoms with Gasteiger partial charge < -0.3 is 4.98 Å². The van der Waals surface area contributed by atoms with Crippen molar-refractivity contribution < 1.29 is 0 Å². The number of hydrogen-bond acceptors (Lipinski definition) is 1. The number of hydrogen-bond donors (Lipinski definition) is 1. The van der Waals surface area contributed by atoms with Gasteiger partial charge in [-0.3, -0.25) is 0 Å². The van der Waals surface area contributed by atoms with Crippen LogP contribution in [0, 0.1) is 0 Å². The highest BCUT2D eigenvalue weighted by atomic mass is 28.3. The van der Waals surface area contributed by atoms with Crippen LogP contribution in [0.3, 0.4) is 0 Å². The van der Waals surface area contributed by atoms with Gasteiger partial charge in [0.1, 0.15) is 8.24 Å². The Labute approximate surface area is 137 Å². The molecule has 22 heavy (non-hydrogen) atoms. The van der Waals surface area contributed by atoms with Gasteiger partial charge in [0.05, 0.1) is 0 Å². The Hall–Kier alpha value is -0.863. The third kappa shape index (κ3) is 2.61. The minimum absolute atomic E-state index is 0.184. The van der Waals surface area contributed by atoms with Gasteiger partial charge in [-0.2, -0.15) is 0 Å². The maximum absolute atomic E-state index is 4.00. The summed E-state index contributed by atoms with van der Waals surface area (Å²) < 4.78 is 0. The molecule has 1 N–H and O–H groups in total. The molecule has 2 heteroatoms. The second-order valence-corrected chi connectivity index (χ2v) is 13.2. The number of aryl methyl sites for hydroxylation is 2. The summed E-state index contributed by atoms with van der Waals surface area (Å²) >= 11 is 0. The smallest absolute Gasteiger partial charge is 0.131 e. The summed E-state index contributed by atoms with van der Waals surface area (Å²) in [6, 6.07) is 5.07. The average molecular weight is 314 g/mol. The Morgan fingerprint density at radius 1 is 1.05 bits per heavy atom. The number of nitrogens with one attached hydrogen (secondary N) is 1. The monoisotopic (exact) mass is 313 g/mol. The van der Waals surface area contributed by atoms with Crippen molar-refractivity contribution in [2.45, 2.75) is 78.1 Å². The van der Waals surface area contributed by atoms with E-state index in [2.05, 4.69) is 64.8 Å². The second kappa shape index (κ2) is 5.07. The highest BCUT2D eigenvalue weighted by molar-refractivity contribution is 6.77. The number of benzene rings is 1. The van der Waals surface area contributed by atoms with Crippen LogP contribution in [0.1, 0.15) is 68.8 Å². The van der Waals surface area contributed by atoms with E-state index in [1.54, 1.807) is 27.8 Å². The molecule has 0 heterocycles. The molecule has 0 radical (unpaired) electrons. The molecule has 0 fully saturated rings. The molecule has 0 saturated carbocycles. The third-order valence-electron chi connectivity index (χ3n) is 5.42. The van der Waals surface area contributed by atoms with Gasteiger partial charge in [-0.1, -0.05) is 30.8 Å². The first-order valence-electron chi connectivity index (χ1n) is 8.73. The van der Waals surface area contributed by atoms with E-state index in [0.29, 0.717) is 5.54 Å². The summed E-state index contributed by atoms with van der Waals surface area (Å²) in [6.45, 7) is 16.6. The van der Waals surface area contributed by atoms with Crippen LogP contribution in [0.5, 0.6) is 0 Å². The average Bonchev–Trinajstić information content (AvgIpc) is 2.89. The summed E-state index contributed by atoms with van der Waals surface area (Å²) in [6.07, 6.45) is 3.90. The fraction of sp³-hybridized carbons (Fsp3) is 0.600. The van der Waals surface area contributed by atoms with Crippen molar-refractivity contribution >= 4 is 13.8 Å². The molecule has 0 aliphatic heterocycles. The molecule has 2 aliphatic carbocycles. The lowest BCUT2D eigenvalue weighted by Crippen LogP contribution is -2.58. The van der Waals surface area contributed by atoms with E-state index in [-0.39, 0.29) is 5.54 Å². The molecule has 1 aromatic rings. The summed E-state index contributed by atoms with van der Waals surface area (Å²) in [7, 11) is -1.60. The molecule has 0 aromatic heterocycles. The first kappa shape index (κ1) is 16.0. The van der Waals surface area contributed by atoms with Crippen molar-refractivity contribution in [3.63, 3.8) is 0 Å². The van der Waals surface area contributed by atoms with Gasteiger partial charge in [-0.05, 0) is 81.7 Å². The minimum Gasteiger partial charge on any atom is -0.332 e. The fourth-order valence-electron chi connectivity index (χ4n) is 4.84. The lowest BCUT2D eigenvalue weighted by atomic mass is 9.99. The molecular weight excluding hydrogens is 282 g/mol. The summed E-state index contributed by atoms with van der Waals surface area (Å²) in [5, 5.41) is 0. The van der Waals surface area contributed by atoms with Gasteiger partial charge in [-0.15, -0.1) is 0 Å². The van der Waals surface area contributed by atoms with E-state index in [4.69, 9.17) is 0 Å². The van der Waals surface area contributed by atoms with E-state index >= 15 is 0 Å². The minimum atomic E-state index is -1.60. The first-order valence-corrected chi connectivity index (χ1v) is 11.8. The topological polar surface area (TPSA) is 12.0 Å². The molecular formula is C20H31NSi. The van der Waals surface area contributed by atoms with Crippen LogP contribution in [0.15, 0.2) is 17.7 Å². The molecule has 3 rings (SSSR count). The molecule has 120 valence electrons. The van der Waals surface area contributed by atoms with Crippen molar-refractivity contribution in [3.8, 4) is 0 Å². The highest BCUT2D eigenvalue weighted by Gasteiger charge is 2.42. The predicted octanol–water partition coefficient (Wildman–Crippen LogP) is 5.20. The van der Waals surface area contributed by atoms with Gasteiger partial charge in [0.15, 0.2) is 0 Å². The van der Waals surface area contributed by atoms with Crippen molar-refractivity contribution in [2.24, 2.45) is 0 Å². The van der Waals surface area contributed by atoms with Crippen LogP contribution in [-0.4, -0.2) is 13.8 Å². The molecule has 1 atom stereocenters. The lowest BCUT2D eigenvalue weighted by molar-refractivity contribution is 0.508. The Morgan fingerprint density at radius 3 is 2.23 bits per heavy atom. The van der Waals surface area contributed by atoms with Crippen LogP contribution in [0.25, 0.3) is 5.57 Å². The summed E-state index contributed by atoms with van der Waals surface area (Å²) in [5.41, 5.74) is 10.3. The molecule has 0 bridgehead atoms. The summed E-state index contributed by atoms with van der Waals surface area (Å²) in [5.74, 6) is 0. The Morgan fingerprint density at radius 2 is 1.64 bits per heavy atom. The first-order chi connectivity index (χ1) is 10.1. The van der Waals surface area contributed by atoms with Crippen LogP contribution in [-0.2, 0) is 12.8 Å². The van der Waals surface area contributed by atoms with Crippen molar-refractivity contribution in [1.82, 2.24) is 4.98 Å². The Balaban J connectivity index is 2.08. The van der Waals surface area contributed by atoms with Crippen molar-refractivity contribution in [3.05, 3.63) is 40.0 Å². The highest BCUT2D eigenvalue weighted by Crippen LogP contribution is 2.47. The van der Waals surface area contributed by atoms with Gasteiger partial charge in [0, 0.05) is 11.1 Å². The zero-order chi connectivity index (χ0) is 16.3. The van der Waals surface area contributed by atoms with Crippen LogP contribution in [0.2, 0.25) is 13.1 Å². The number of allylic oxidation sites excluding steroid dienone is 2. The van der Waals surface area contributed by atoms with Crippen molar-refractivity contribution in [2.75, 3.05) is 0 Å². The third-order valence-corrected chi connectivity index (χ3v) is 9.00. The SMILES string of the molecule is CC1=C(C)C([Si](C)(C)NC(C)(C)C)c2cc3c(cc21)CCC3. The van der Waals surface area contributed by atoms with E-state index in [1.807, 2.05) is 0 Å². The zero-order valence-electron chi connectivity index (χ0n) is 15.4. The number of fused-ring (bicyclic) bond motifs is 2. The van der Waals surface area contributed by atoms with Gasteiger partial charge >= 0.3 is 0 Å². The van der Waals surface area contributed by atoms with Crippen molar-refractivity contribution in [1.29, 1.82) is 0 Å². The van der Waals surface area contributed by atoms with Gasteiger partial charge in [0.2, 0.25) is 0 Å². The molecule has 0 spiro atoms. The molecule has 1 nitrogen and oxygen atoms in total. The molecule has 1 unspecified atom stereocenters. The van der Waals surface area contributed by atoms with E-state index in [0.717, 1.165) is 0 Å². The fourth-order valence-corrected chi connectivity index (χ4v) is 9.23. The Bertz CT molecular complexity index is 646. The normalized spacial score (nSPS) is 21.3. The molecule has 1 aromatic carbocycles. The molecule has 0 saturated heterocycles. The standard InChI is InChI=1S/C20H31NSi/c1-13-14(2)19(22(6,7)21-20(3,4)5)18-12-16-10-8-9-15(16)11-17(13)18/h11-12,19,21H,8-10H2,1-7H3. The van der Waals surface area contributed by atoms with E-state index in [9.17, 15) is 0 Å². The van der Waals surface area contributed by atoms with Gasteiger partial charge in [0.25, 0.3) is 0 Å².